The fourth-order valence-electron chi connectivity index (χ4n) is 1.40. The molecular weight excluding hydrogens is 344 g/mol. The van der Waals surface area contributed by atoms with Gasteiger partial charge in [0.05, 0.1) is 4.47 Å². The Balaban J connectivity index is 0.00000361. The quantitative estimate of drug-likeness (QED) is 0.843. The second-order valence-corrected chi connectivity index (χ2v) is 6.25. The molecule has 0 bridgehead atoms. The van der Waals surface area contributed by atoms with Crippen molar-refractivity contribution in [1.29, 1.82) is 0 Å². The summed E-state index contributed by atoms with van der Waals surface area (Å²) in [5.41, 5.74) is 6.51. The van der Waals surface area contributed by atoms with Crippen LogP contribution in [0.25, 0.3) is 0 Å². The average molecular weight is 366 g/mol. The summed E-state index contributed by atoms with van der Waals surface area (Å²) < 4.78 is 6.47. The first-order valence-corrected chi connectivity index (χ1v) is 6.98. The highest BCUT2D eigenvalue weighted by molar-refractivity contribution is 9.10. The number of halogens is 2. The topological polar surface area (TPSA) is 64.3 Å². The zero-order valence-electron chi connectivity index (χ0n) is 12.2. The van der Waals surface area contributed by atoms with Gasteiger partial charge in [-0.15, -0.1) is 12.4 Å². The molecule has 1 rings (SSSR count). The minimum absolute atomic E-state index is 0. The number of hydrogen-bond donors (Lipinski definition) is 2. The van der Waals surface area contributed by atoms with Crippen LogP contribution in [0.2, 0.25) is 0 Å². The number of ether oxygens (including phenoxy) is 1. The van der Waals surface area contributed by atoms with Crippen molar-refractivity contribution in [1.82, 2.24) is 5.32 Å². The Morgan fingerprint density at radius 3 is 2.60 bits per heavy atom. The highest BCUT2D eigenvalue weighted by atomic mass is 79.9. The second-order valence-electron chi connectivity index (χ2n) is 5.40. The molecule has 0 saturated carbocycles. The molecule has 114 valence electrons. The van der Waals surface area contributed by atoms with E-state index in [0.717, 1.165) is 10.0 Å². The van der Waals surface area contributed by atoms with Gasteiger partial charge in [-0.05, 0) is 61.3 Å². The van der Waals surface area contributed by atoms with Crippen molar-refractivity contribution < 1.29 is 9.53 Å². The Hall–Kier alpha value is -0.780. The second kappa shape index (κ2) is 7.86. The molecule has 3 N–H and O–H groups in total. The number of carbonyl (C=O) groups excluding carboxylic acids is 1. The van der Waals surface area contributed by atoms with E-state index >= 15 is 0 Å². The standard InChI is InChI=1S/C14H21BrN2O2.ClH/c1-9-5-6-12(11(15)7-9)19-10(2)13(18)17-8-14(3,4)16;/h5-7,10H,8,16H2,1-4H3,(H,17,18);1H. The summed E-state index contributed by atoms with van der Waals surface area (Å²) in [5.74, 6) is 0.478. The Kier molecular flexibility index (Phi) is 7.55. The monoisotopic (exact) mass is 364 g/mol. The molecule has 1 atom stereocenters. The zero-order chi connectivity index (χ0) is 14.6. The van der Waals surface area contributed by atoms with E-state index in [4.69, 9.17) is 10.5 Å². The predicted molar refractivity (Wildman–Crippen MR) is 87.5 cm³/mol. The number of hydrogen-bond acceptors (Lipinski definition) is 3. The van der Waals surface area contributed by atoms with Crippen LogP contribution in [0.5, 0.6) is 5.75 Å². The summed E-state index contributed by atoms with van der Waals surface area (Å²) in [4.78, 5) is 11.9. The minimum atomic E-state index is -0.568. The van der Waals surface area contributed by atoms with Crippen molar-refractivity contribution in [2.24, 2.45) is 5.73 Å². The molecule has 1 amide bonds. The molecule has 0 fully saturated rings. The van der Waals surface area contributed by atoms with Crippen LogP contribution < -0.4 is 15.8 Å². The molecule has 6 heteroatoms. The Morgan fingerprint density at radius 2 is 2.10 bits per heavy atom. The number of carbonyl (C=O) groups is 1. The molecule has 0 aliphatic carbocycles. The summed E-state index contributed by atoms with van der Waals surface area (Å²) >= 11 is 3.42. The third-order valence-corrected chi connectivity index (χ3v) is 3.10. The van der Waals surface area contributed by atoms with Gasteiger partial charge in [-0.3, -0.25) is 4.79 Å². The molecule has 0 heterocycles. The van der Waals surface area contributed by atoms with E-state index < -0.39 is 11.6 Å². The molecule has 20 heavy (non-hydrogen) atoms. The lowest BCUT2D eigenvalue weighted by molar-refractivity contribution is -0.127. The summed E-state index contributed by atoms with van der Waals surface area (Å²) in [6, 6.07) is 5.73. The van der Waals surface area contributed by atoms with Crippen molar-refractivity contribution in [3.8, 4) is 5.75 Å². The minimum Gasteiger partial charge on any atom is -0.480 e. The molecule has 1 unspecified atom stereocenters. The fraction of sp³-hybridized carbons (Fsp3) is 0.500. The summed E-state index contributed by atoms with van der Waals surface area (Å²) in [6.45, 7) is 7.83. The van der Waals surface area contributed by atoms with Crippen LogP contribution >= 0.6 is 28.3 Å². The Labute approximate surface area is 135 Å². The fourth-order valence-corrected chi connectivity index (χ4v) is 1.99. The van der Waals surface area contributed by atoms with Crippen molar-refractivity contribution in [3.63, 3.8) is 0 Å². The smallest absolute Gasteiger partial charge is 0.260 e. The van der Waals surface area contributed by atoms with Crippen LogP contribution in [-0.2, 0) is 4.79 Å². The van der Waals surface area contributed by atoms with Crippen LogP contribution in [0, 0.1) is 6.92 Å². The van der Waals surface area contributed by atoms with Crippen LogP contribution in [0.3, 0.4) is 0 Å². The third kappa shape index (κ3) is 6.59. The zero-order valence-corrected chi connectivity index (χ0v) is 14.6. The summed E-state index contributed by atoms with van der Waals surface area (Å²) in [7, 11) is 0. The van der Waals surface area contributed by atoms with Gasteiger partial charge < -0.3 is 15.8 Å². The number of amides is 1. The van der Waals surface area contributed by atoms with Gasteiger partial charge in [0.25, 0.3) is 5.91 Å². The van der Waals surface area contributed by atoms with E-state index in [-0.39, 0.29) is 18.3 Å². The number of benzene rings is 1. The molecule has 0 aliphatic rings. The molecule has 1 aromatic carbocycles. The Bertz CT molecular complexity index is 461. The maximum atomic E-state index is 11.9. The number of aryl methyl sites for hydroxylation is 1. The van der Waals surface area contributed by atoms with Gasteiger partial charge in [0.1, 0.15) is 5.75 Å². The molecule has 0 aromatic heterocycles. The van der Waals surface area contributed by atoms with E-state index in [2.05, 4.69) is 21.2 Å². The molecule has 1 aromatic rings. The number of rotatable bonds is 5. The SMILES string of the molecule is Cc1ccc(OC(C)C(=O)NCC(C)(C)N)c(Br)c1.Cl. The maximum absolute atomic E-state index is 11.9. The van der Waals surface area contributed by atoms with Gasteiger partial charge in [0, 0.05) is 12.1 Å². The largest absolute Gasteiger partial charge is 0.480 e. The van der Waals surface area contributed by atoms with E-state index in [1.807, 2.05) is 39.0 Å². The molecule has 0 radical (unpaired) electrons. The van der Waals surface area contributed by atoms with Crippen LogP contribution in [0.15, 0.2) is 22.7 Å². The first-order valence-electron chi connectivity index (χ1n) is 6.18. The highest BCUT2D eigenvalue weighted by Crippen LogP contribution is 2.26. The Morgan fingerprint density at radius 1 is 1.50 bits per heavy atom. The van der Waals surface area contributed by atoms with Gasteiger partial charge in [-0.25, -0.2) is 0 Å². The summed E-state index contributed by atoms with van der Waals surface area (Å²) in [6.07, 6.45) is -0.568. The van der Waals surface area contributed by atoms with Gasteiger partial charge in [0.15, 0.2) is 6.10 Å². The lowest BCUT2D eigenvalue weighted by Gasteiger charge is -2.21. The lowest BCUT2D eigenvalue weighted by Crippen LogP contribution is -2.48. The van der Waals surface area contributed by atoms with Crippen molar-refractivity contribution in [3.05, 3.63) is 28.2 Å². The molecule has 0 saturated heterocycles. The van der Waals surface area contributed by atoms with Crippen molar-refractivity contribution >= 4 is 34.2 Å². The highest BCUT2D eigenvalue weighted by Gasteiger charge is 2.18. The van der Waals surface area contributed by atoms with Gasteiger partial charge in [-0.2, -0.15) is 0 Å². The van der Waals surface area contributed by atoms with Crippen LogP contribution in [0.4, 0.5) is 0 Å². The van der Waals surface area contributed by atoms with Crippen LogP contribution in [0.1, 0.15) is 26.3 Å². The molecular formula is C14H22BrClN2O2. The predicted octanol–water partition coefficient (Wildman–Crippen LogP) is 2.80. The molecule has 4 nitrogen and oxygen atoms in total. The number of nitrogens with one attached hydrogen (secondary N) is 1. The van der Waals surface area contributed by atoms with Crippen molar-refractivity contribution in [2.75, 3.05) is 6.54 Å². The maximum Gasteiger partial charge on any atom is 0.260 e. The van der Waals surface area contributed by atoms with E-state index in [1.54, 1.807) is 6.92 Å². The first-order chi connectivity index (χ1) is 8.69. The lowest BCUT2D eigenvalue weighted by atomic mass is 10.1. The van der Waals surface area contributed by atoms with Gasteiger partial charge in [-0.1, -0.05) is 6.07 Å². The molecule has 0 aliphatic heterocycles. The first kappa shape index (κ1) is 19.2. The number of nitrogens with two attached hydrogens (primary N) is 1. The third-order valence-electron chi connectivity index (χ3n) is 2.48. The molecule has 0 spiro atoms. The van der Waals surface area contributed by atoms with E-state index in [0.29, 0.717) is 12.3 Å². The van der Waals surface area contributed by atoms with E-state index in [9.17, 15) is 4.79 Å². The van der Waals surface area contributed by atoms with E-state index in [1.165, 1.54) is 0 Å². The average Bonchev–Trinajstić information content (AvgIpc) is 2.28. The van der Waals surface area contributed by atoms with Crippen molar-refractivity contribution in [2.45, 2.75) is 39.3 Å². The summed E-state index contributed by atoms with van der Waals surface area (Å²) in [5, 5.41) is 2.77. The van der Waals surface area contributed by atoms with Crippen LogP contribution in [-0.4, -0.2) is 24.1 Å². The normalized spacial score (nSPS) is 12.3. The van der Waals surface area contributed by atoms with Gasteiger partial charge >= 0.3 is 0 Å². The van der Waals surface area contributed by atoms with Gasteiger partial charge in [0.2, 0.25) is 0 Å².